The smallest absolute Gasteiger partial charge is 0.277 e. The van der Waals surface area contributed by atoms with E-state index in [-0.39, 0.29) is 5.56 Å². The Hall–Kier alpha value is -1.85. The number of hydrogen-bond donors (Lipinski definition) is 2. The molecule has 0 unspecified atom stereocenters. The first-order valence-corrected chi connectivity index (χ1v) is 7.39. The lowest BCUT2D eigenvalue weighted by Gasteiger charge is -2.17. The maximum atomic E-state index is 12.4. The van der Waals surface area contributed by atoms with E-state index < -0.39 is 17.5 Å². The van der Waals surface area contributed by atoms with Crippen molar-refractivity contribution in [3.8, 4) is 0 Å². The Labute approximate surface area is 137 Å². The second-order valence-corrected chi connectivity index (χ2v) is 5.76. The summed E-state index contributed by atoms with van der Waals surface area (Å²) < 4.78 is 0. The van der Waals surface area contributed by atoms with Crippen LogP contribution in [-0.4, -0.2) is 16.1 Å². The van der Waals surface area contributed by atoms with E-state index in [1.54, 1.807) is 39.0 Å². The van der Waals surface area contributed by atoms with Crippen LogP contribution < -0.4 is 10.9 Å². The van der Waals surface area contributed by atoms with Crippen molar-refractivity contribution in [1.82, 2.24) is 15.5 Å². The van der Waals surface area contributed by atoms with Gasteiger partial charge in [-0.05, 0) is 38.0 Å². The Morgan fingerprint density at radius 3 is 2.68 bits per heavy atom. The first kappa shape index (κ1) is 16.5. The molecule has 1 aromatic carbocycles. The molecule has 0 saturated carbocycles. The monoisotopic (exact) mass is 339 g/mol. The zero-order chi connectivity index (χ0) is 16.4. The predicted octanol–water partition coefficient (Wildman–Crippen LogP) is 3.18. The first-order valence-electron chi connectivity index (χ1n) is 6.63. The standard InChI is InChI=1S/C15H15Cl2N3O2/c1-7-8(2)19-20-15(22)12(7)14(21)18-9(3)10-5-4-6-11(16)13(10)17/h4-6,9H,1-3H3,(H,18,21)(H,20,22)/t9-/m0/s1. The molecule has 5 nitrogen and oxygen atoms in total. The van der Waals surface area contributed by atoms with Crippen molar-refractivity contribution in [3.63, 3.8) is 0 Å². The Kier molecular flexibility index (Phi) is 4.88. The van der Waals surface area contributed by atoms with E-state index in [4.69, 9.17) is 23.2 Å². The molecule has 0 radical (unpaired) electrons. The minimum atomic E-state index is -0.523. The van der Waals surface area contributed by atoms with Crippen LogP contribution in [0.2, 0.25) is 10.0 Å². The highest BCUT2D eigenvalue weighted by atomic mass is 35.5. The summed E-state index contributed by atoms with van der Waals surface area (Å²) in [5, 5.41) is 9.69. The fourth-order valence-electron chi connectivity index (χ4n) is 2.10. The van der Waals surface area contributed by atoms with E-state index in [1.165, 1.54) is 0 Å². The zero-order valence-electron chi connectivity index (χ0n) is 12.3. The highest BCUT2D eigenvalue weighted by Crippen LogP contribution is 2.29. The van der Waals surface area contributed by atoms with Gasteiger partial charge in [-0.15, -0.1) is 0 Å². The summed E-state index contributed by atoms with van der Waals surface area (Å²) in [6.07, 6.45) is 0. The molecule has 1 amide bonds. The molecule has 22 heavy (non-hydrogen) atoms. The highest BCUT2D eigenvalue weighted by molar-refractivity contribution is 6.42. The molecule has 0 aliphatic heterocycles. The normalized spacial score (nSPS) is 12.0. The van der Waals surface area contributed by atoms with Crippen LogP contribution >= 0.6 is 23.2 Å². The molecule has 116 valence electrons. The maximum absolute atomic E-state index is 12.4. The molecular weight excluding hydrogens is 325 g/mol. The molecule has 0 spiro atoms. The van der Waals surface area contributed by atoms with Gasteiger partial charge in [0, 0.05) is 0 Å². The lowest BCUT2D eigenvalue weighted by atomic mass is 10.1. The molecule has 7 heteroatoms. The van der Waals surface area contributed by atoms with Crippen LogP contribution in [0.5, 0.6) is 0 Å². The van der Waals surface area contributed by atoms with Crippen LogP contribution in [0.15, 0.2) is 23.0 Å². The van der Waals surface area contributed by atoms with Crippen molar-refractivity contribution in [1.29, 1.82) is 0 Å². The number of aryl methyl sites for hydroxylation is 1. The quantitative estimate of drug-likeness (QED) is 0.901. The fourth-order valence-corrected chi connectivity index (χ4v) is 2.57. The number of carbonyl (C=O) groups is 1. The number of nitrogens with zero attached hydrogens (tertiary/aromatic N) is 1. The third kappa shape index (κ3) is 3.15. The topological polar surface area (TPSA) is 74.8 Å². The molecule has 1 heterocycles. The highest BCUT2D eigenvalue weighted by Gasteiger charge is 2.20. The number of nitrogens with one attached hydrogen (secondary N) is 2. The van der Waals surface area contributed by atoms with Crippen LogP contribution in [0.25, 0.3) is 0 Å². The molecule has 1 aromatic heterocycles. The largest absolute Gasteiger partial charge is 0.345 e. The summed E-state index contributed by atoms with van der Waals surface area (Å²) in [5.74, 6) is -0.479. The Morgan fingerprint density at radius 2 is 2.00 bits per heavy atom. The molecule has 0 fully saturated rings. The molecule has 0 aliphatic carbocycles. The third-order valence-electron chi connectivity index (χ3n) is 3.49. The second kappa shape index (κ2) is 6.50. The number of carbonyl (C=O) groups excluding carboxylic acids is 1. The minimum Gasteiger partial charge on any atom is -0.345 e. The van der Waals surface area contributed by atoms with E-state index in [9.17, 15) is 9.59 Å². The van der Waals surface area contributed by atoms with Gasteiger partial charge in [0.1, 0.15) is 5.56 Å². The van der Waals surface area contributed by atoms with Crippen molar-refractivity contribution in [3.05, 3.63) is 61.0 Å². The van der Waals surface area contributed by atoms with Crippen molar-refractivity contribution in [2.45, 2.75) is 26.8 Å². The van der Waals surface area contributed by atoms with Gasteiger partial charge < -0.3 is 5.32 Å². The molecule has 2 N–H and O–H groups in total. The number of rotatable bonds is 3. The summed E-state index contributed by atoms with van der Waals surface area (Å²) in [6.45, 7) is 5.18. The van der Waals surface area contributed by atoms with Gasteiger partial charge in [-0.1, -0.05) is 35.3 Å². The molecule has 1 atom stereocenters. The van der Waals surface area contributed by atoms with Gasteiger partial charge in [0.05, 0.1) is 21.8 Å². The van der Waals surface area contributed by atoms with Crippen LogP contribution in [0, 0.1) is 13.8 Å². The van der Waals surface area contributed by atoms with Crippen molar-refractivity contribution in [2.24, 2.45) is 0 Å². The van der Waals surface area contributed by atoms with Crippen LogP contribution in [0.4, 0.5) is 0 Å². The number of halogens is 2. The number of benzene rings is 1. The second-order valence-electron chi connectivity index (χ2n) is 4.98. The van der Waals surface area contributed by atoms with E-state index >= 15 is 0 Å². The van der Waals surface area contributed by atoms with Crippen LogP contribution in [0.3, 0.4) is 0 Å². The summed E-state index contributed by atoms with van der Waals surface area (Å²) >= 11 is 12.1. The van der Waals surface area contributed by atoms with Gasteiger partial charge in [0.15, 0.2) is 0 Å². The van der Waals surface area contributed by atoms with Crippen molar-refractivity contribution >= 4 is 29.1 Å². The zero-order valence-corrected chi connectivity index (χ0v) is 13.8. The Morgan fingerprint density at radius 1 is 1.32 bits per heavy atom. The maximum Gasteiger partial charge on any atom is 0.277 e. The van der Waals surface area contributed by atoms with Gasteiger partial charge in [-0.3, -0.25) is 9.59 Å². The summed E-state index contributed by atoms with van der Waals surface area (Å²) in [7, 11) is 0. The number of aromatic nitrogens is 2. The van der Waals surface area contributed by atoms with Crippen molar-refractivity contribution in [2.75, 3.05) is 0 Å². The molecule has 2 rings (SSSR count). The Balaban J connectivity index is 2.32. The SMILES string of the molecule is Cc1n[nH]c(=O)c(C(=O)N[C@@H](C)c2cccc(Cl)c2Cl)c1C. The van der Waals surface area contributed by atoms with Gasteiger partial charge in [0.2, 0.25) is 0 Å². The first-order chi connectivity index (χ1) is 10.3. The third-order valence-corrected chi connectivity index (χ3v) is 4.33. The average molecular weight is 340 g/mol. The number of aromatic amines is 1. The van der Waals surface area contributed by atoms with Crippen LogP contribution in [-0.2, 0) is 0 Å². The summed E-state index contributed by atoms with van der Waals surface area (Å²) in [4.78, 5) is 24.2. The van der Waals surface area contributed by atoms with Crippen molar-refractivity contribution < 1.29 is 4.79 Å². The Bertz CT molecular complexity index is 787. The minimum absolute atomic E-state index is 0.0532. The summed E-state index contributed by atoms with van der Waals surface area (Å²) in [6, 6.07) is 4.80. The number of hydrogen-bond acceptors (Lipinski definition) is 3. The van der Waals surface area contributed by atoms with Gasteiger partial charge in [0.25, 0.3) is 11.5 Å². The lowest BCUT2D eigenvalue weighted by molar-refractivity contribution is 0.0937. The molecule has 0 aliphatic rings. The predicted molar refractivity (Wildman–Crippen MR) is 86.7 cm³/mol. The molecule has 0 saturated heterocycles. The fraction of sp³-hybridized carbons (Fsp3) is 0.267. The average Bonchev–Trinajstić information content (AvgIpc) is 2.46. The number of amides is 1. The van der Waals surface area contributed by atoms with Gasteiger partial charge in [-0.2, -0.15) is 5.10 Å². The molecule has 2 aromatic rings. The van der Waals surface area contributed by atoms with E-state index in [2.05, 4.69) is 15.5 Å². The van der Waals surface area contributed by atoms with E-state index in [0.29, 0.717) is 26.9 Å². The molecule has 0 bridgehead atoms. The summed E-state index contributed by atoms with van der Waals surface area (Å²) in [5.41, 5.74) is 1.36. The molecular formula is C15H15Cl2N3O2. The number of H-pyrrole nitrogens is 1. The van der Waals surface area contributed by atoms with Gasteiger partial charge >= 0.3 is 0 Å². The van der Waals surface area contributed by atoms with E-state index in [0.717, 1.165) is 0 Å². The lowest BCUT2D eigenvalue weighted by Crippen LogP contribution is -2.33. The van der Waals surface area contributed by atoms with E-state index in [1.807, 2.05) is 0 Å². The van der Waals surface area contributed by atoms with Crippen LogP contribution in [0.1, 0.15) is 40.1 Å². The van der Waals surface area contributed by atoms with Gasteiger partial charge in [-0.25, -0.2) is 5.10 Å².